The molecule has 2 saturated heterocycles. The van der Waals surface area contributed by atoms with E-state index in [4.69, 9.17) is 18.9 Å². The number of hydrogen-bond donors (Lipinski definition) is 9. The van der Waals surface area contributed by atoms with E-state index < -0.39 is 86.8 Å². The lowest BCUT2D eigenvalue weighted by Gasteiger charge is -2.46. The van der Waals surface area contributed by atoms with Crippen molar-refractivity contribution in [3.63, 3.8) is 0 Å². The van der Waals surface area contributed by atoms with Crippen LogP contribution in [0.5, 0.6) is 0 Å². The van der Waals surface area contributed by atoms with Gasteiger partial charge in [-0.3, -0.25) is 4.79 Å². The average molecular weight is 1060 g/mol. The standard InChI is InChI=1S/C61H103NO13/c1-3-5-7-9-11-13-15-17-19-20-21-22-23-24-25-26-27-28-29-30-31-33-35-37-39-41-43-45-53(66)62-49(50(65)44-42-40-38-36-34-32-18-16-14-12-10-8-6-4-2)48-72-60-58(71)56(69)59(52(47-64)74-60)75-61-57(70)55(68)54(67)51(46-63)73-61/h5,7,11,13,17,19,21-22,24-25,27-28,34,36,42,44,49-52,54-61,63-65,67-71H,3-4,6,8-10,12,14-16,18,20,23,26,29-33,35,37-41,43,45-48H2,1-2H3,(H,62,66)/b7-5-,13-11-,19-17-,22-21-,25-24-,28-27-,36-34+,44-42+. The lowest BCUT2D eigenvalue weighted by molar-refractivity contribution is -0.359. The van der Waals surface area contributed by atoms with Crippen molar-refractivity contribution >= 4 is 5.91 Å². The van der Waals surface area contributed by atoms with Crippen LogP contribution in [0.15, 0.2) is 97.2 Å². The zero-order chi connectivity index (χ0) is 54.6. The van der Waals surface area contributed by atoms with Crippen molar-refractivity contribution in [2.45, 2.75) is 261 Å². The fraction of sp³-hybridized carbons (Fsp3) is 0.721. The van der Waals surface area contributed by atoms with Gasteiger partial charge in [-0.1, -0.05) is 195 Å². The number of carbonyl (C=O) groups excluding carboxylic acids is 1. The molecule has 2 rings (SSSR count). The molecule has 2 fully saturated rings. The first-order valence-corrected chi connectivity index (χ1v) is 29.0. The highest BCUT2D eigenvalue weighted by Gasteiger charge is 2.51. The predicted molar refractivity (Wildman–Crippen MR) is 299 cm³/mol. The SMILES string of the molecule is CC/C=C\C/C=C\C/C=C\C/C=C\C/C=C\C/C=C\CCCCCCCCCCC(=O)NC(COC1OC(CO)C(OC2OC(CO)C(O)C(O)C2O)C(O)C1O)C(O)/C=C/CC/C=C/CCCCCCCCCC. The maximum absolute atomic E-state index is 13.2. The highest BCUT2D eigenvalue weighted by Crippen LogP contribution is 2.30. The summed E-state index contributed by atoms with van der Waals surface area (Å²) in [5, 5.41) is 86.9. The van der Waals surface area contributed by atoms with E-state index in [1.54, 1.807) is 6.08 Å². The van der Waals surface area contributed by atoms with Gasteiger partial charge in [0.1, 0.15) is 48.8 Å². The smallest absolute Gasteiger partial charge is 0.220 e. The molecule has 0 bridgehead atoms. The number of allylic oxidation sites excluding steroid dienone is 15. The summed E-state index contributed by atoms with van der Waals surface area (Å²) >= 11 is 0. The molecule has 12 atom stereocenters. The molecule has 0 spiro atoms. The van der Waals surface area contributed by atoms with Crippen molar-refractivity contribution in [3.8, 4) is 0 Å². The Labute approximate surface area is 452 Å². The summed E-state index contributed by atoms with van der Waals surface area (Å²) in [5.74, 6) is -0.263. The maximum atomic E-state index is 13.2. The van der Waals surface area contributed by atoms with E-state index in [2.05, 4.69) is 104 Å². The van der Waals surface area contributed by atoms with Crippen molar-refractivity contribution < 1.29 is 64.6 Å². The third kappa shape index (κ3) is 31.8. The molecule has 2 aliphatic heterocycles. The zero-order valence-corrected chi connectivity index (χ0v) is 46.0. The van der Waals surface area contributed by atoms with Crippen LogP contribution in [0.25, 0.3) is 0 Å². The van der Waals surface area contributed by atoms with Crippen molar-refractivity contribution in [2.75, 3.05) is 19.8 Å². The minimum absolute atomic E-state index is 0.257. The van der Waals surface area contributed by atoms with E-state index in [0.29, 0.717) is 12.8 Å². The molecule has 14 nitrogen and oxygen atoms in total. The van der Waals surface area contributed by atoms with Crippen molar-refractivity contribution in [2.24, 2.45) is 0 Å². The van der Waals surface area contributed by atoms with Crippen LogP contribution in [0, 0.1) is 0 Å². The third-order valence-electron chi connectivity index (χ3n) is 13.5. The molecule has 0 aromatic carbocycles. The summed E-state index contributed by atoms with van der Waals surface area (Å²) in [4.78, 5) is 13.2. The van der Waals surface area contributed by atoms with Gasteiger partial charge in [-0.25, -0.2) is 0 Å². The lowest BCUT2D eigenvalue weighted by Crippen LogP contribution is -2.65. The van der Waals surface area contributed by atoms with Crippen LogP contribution >= 0.6 is 0 Å². The van der Waals surface area contributed by atoms with Gasteiger partial charge < -0.3 is 65.1 Å². The first-order valence-electron chi connectivity index (χ1n) is 29.0. The average Bonchev–Trinajstić information content (AvgIpc) is 3.41. The van der Waals surface area contributed by atoms with E-state index in [0.717, 1.165) is 83.5 Å². The Bertz CT molecular complexity index is 1620. The van der Waals surface area contributed by atoms with Crippen LogP contribution in [0.1, 0.15) is 187 Å². The highest BCUT2D eigenvalue weighted by atomic mass is 16.7. The van der Waals surface area contributed by atoms with E-state index >= 15 is 0 Å². The second-order valence-electron chi connectivity index (χ2n) is 20.0. The van der Waals surface area contributed by atoms with E-state index in [9.17, 15) is 45.6 Å². The van der Waals surface area contributed by atoms with Crippen LogP contribution in [-0.2, 0) is 23.7 Å². The first-order chi connectivity index (χ1) is 36.6. The molecule has 2 heterocycles. The Hall–Kier alpha value is -3.09. The number of ether oxygens (including phenoxy) is 4. The van der Waals surface area contributed by atoms with Gasteiger partial charge in [0.25, 0.3) is 0 Å². The van der Waals surface area contributed by atoms with Crippen molar-refractivity contribution in [3.05, 3.63) is 97.2 Å². The number of rotatable bonds is 44. The third-order valence-corrected chi connectivity index (χ3v) is 13.5. The molecule has 0 radical (unpaired) electrons. The summed E-state index contributed by atoms with van der Waals surface area (Å²) in [6, 6.07) is -0.942. The van der Waals surface area contributed by atoms with Gasteiger partial charge in [-0.05, 0) is 83.5 Å². The molecule has 0 saturated carbocycles. The fourth-order valence-electron chi connectivity index (χ4n) is 8.84. The molecular formula is C61H103NO13. The molecule has 0 aliphatic carbocycles. The summed E-state index contributed by atoms with van der Waals surface area (Å²) in [6.07, 6.45) is 45.8. The van der Waals surface area contributed by atoms with Gasteiger partial charge in [0.2, 0.25) is 5.91 Å². The normalized spacial score (nSPS) is 25.8. The van der Waals surface area contributed by atoms with Crippen LogP contribution in [0.3, 0.4) is 0 Å². The minimum Gasteiger partial charge on any atom is -0.394 e. The predicted octanol–water partition coefficient (Wildman–Crippen LogP) is 9.49. The Kier molecular flexibility index (Phi) is 41.6. The summed E-state index contributed by atoms with van der Waals surface area (Å²) in [7, 11) is 0. The minimum atomic E-state index is -1.80. The number of carbonyl (C=O) groups is 1. The van der Waals surface area contributed by atoms with Gasteiger partial charge >= 0.3 is 0 Å². The first kappa shape index (κ1) is 68.0. The second kappa shape index (κ2) is 45.9. The fourth-order valence-corrected chi connectivity index (χ4v) is 8.84. The number of unbranched alkanes of at least 4 members (excludes halogenated alkanes) is 17. The van der Waals surface area contributed by atoms with Crippen LogP contribution in [-0.4, -0.2) is 140 Å². The number of aliphatic hydroxyl groups excluding tert-OH is 8. The molecule has 1 amide bonds. The van der Waals surface area contributed by atoms with Gasteiger partial charge in [0.15, 0.2) is 12.6 Å². The molecule has 9 N–H and O–H groups in total. The van der Waals surface area contributed by atoms with E-state index in [1.165, 1.54) is 70.6 Å². The zero-order valence-electron chi connectivity index (χ0n) is 46.0. The second-order valence-corrected chi connectivity index (χ2v) is 20.0. The van der Waals surface area contributed by atoms with Gasteiger partial charge in [-0.2, -0.15) is 0 Å². The molecule has 2 aliphatic rings. The van der Waals surface area contributed by atoms with Gasteiger partial charge in [-0.15, -0.1) is 0 Å². The van der Waals surface area contributed by atoms with Crippen LogP contribution in [0.4, 0.5) is 0 Å². The summed E-state index contributed by atoms with van der Waals surface area (Å²) in [5.41, 5.74) is 0. The largest absolute Gasteiger partial charge is 0.394 e. The Morgan fingerprint density at radius 1 is 0.493 bits per heavy atom. The topological polar surface area (TPSA) is 228 Å². The van der Waals surface area contributed by atoms with Crippen LogP contribution < -0.4 is 5.32 Å². The Morgan fingerprint density at radius 2 is 0.933 bits per heavy atom. The van der Waals surface area contributed by atoms with Crippen molar-refractivity contribution in [1.82, 2.24) is 5.32 Å². The van der Waals surface area contributed by atoms with Gasteiger partial charge in [0.05, 0.1) is 32.0 Å². The number of hydrogen-bond acceptors (Lipinski definition) is 13. The maximum Gasteiger partial charge on any atom is 0.220 e. The van der Waals surface area contributed by atoms with E-state index in [1.807, 2.05) is 6.08 Å². The molecule has 0 aromatic rings. The summed E-state index contributed by atoms with van der Waals surface area (Å²) < 4.78 is 22.7. The lowest BCUT2D eigenvalue weighted by atomic mass is 9.97. The number of amides is 1. The Balaban J connectivity index is 1.76. The number of aliphatic hydroxyl groups is 8. The molecule has 430 valence electrons. The monoisotopic (exact) mass is 1060 g/mol. The molecule has 14 heteroatoms. The van der Waals surface area contributed by atoms with E-state index in [-0.39, 0.29) is 18.9 Å². The Morgan fingerprint density at radius 3 is 1.47 bits per heavy atom. The van der Waals surface area contributed by atoms with Gasteiger partial charge in [0, 0.05) is 6.42 Å². The highest BCUT2D eigenvalue weighted by molar-refractivity contribution is 5.76. The van der Waals surface area contributed by atoms with Crippen LogP contribution in [0.2, 0.25) is 0 Å². The summed E-state index contributed by atoms with van der Waals surface area (Å²) in [6.45, 7) is 2.63. The molecule has 12 unspecified atom stereocenters. The quantitative estimate of drug-likeness (QED) is 0.0205. The molecular weight excluding hydrogens is 955 g/mol. The number of nitrogens with one attached hydrogen (secondary N) is 1. The molecule has 0 aromatic heterocycles. The molecule has 75 heavy (non-hydrogen) atoms. The van der Waals surface area contributed by atoms with Crippen molar-refractivity contribution in [1.29, 1.82) is 0 Å².